The van der Waals surface area contributed by atoms with E-state index in [1.54, 1.807) is 6.20 Å². The van der Waals surface area contributed by atoms with Gasteiger partial charge in [0, 0.05) is 24.2 Å². The summed E-state index contributed by atoms with van der Waals surface area (Å²) < 4.78 is 7.88. The monoisotopic (exact) mass is 252 g/mol. The van der Waals surface area contributed by atoms with Crippen molar-refractivity contribution in [1.82, 2.24) is 9.78 Å². The van der Waals surface area contributed by atoms with Gasteiger partial charge in [-0.15, -0.1) is 0 Å². The maximum absolute atomic E-state index is 10.6. The second-order valence-electron chi connectivity index (χ2n) is 6.35. The van der Waals surface area contributed by atoms with E-state index in [0.29, 0.717) is 0 Å². The van der Waals surface area contributed by atoms with Crippen LogP contribution in [0.1, 0.15) is 52.7 Å². The zero-order chi connectivity index (χ0) is 13.6. The zero-order valence-electron chi connectivity index (χ0n) is 12.0. The van der Waals surface area contributed by atoms with Crippen molar-refractivity contribution < 1.29 is 9.84 Å². The molecule has 4 nitrogen and oxygen atoms in total. The smallest absolute Gasteiger partial charge is 0.0877 e. The highest BCUT2D eigenvalue weighted by Gasteiger charge is 2.49. The van der Waals surface area contributed by atoms with Gasteiger partial charge in [0.2, 0.25) is 0 Å². The number of hydrogen-bond donors (Lipinski definition) is 1. The van der Waals surface area contributed by atoms with Crippen molar-refractivity contribution in [2.75, 3.05) is 0 Å². The van der Waals surface area contributed by atoms with E-state index in [1.807, 2.05) is 17.8 Å². The lowest BCUT2D eigenvalue weighted by atomic mass is 9.81. The molecule has 0 radical (unpaired) electrons. The van der Waals surface area contributed by atoms with Crippen LogP contribution in [0.2, 0.25) is 0 Å². The van der Waals surface area contributed by atoms with Gasteiger partial charge in [0.15, 0.2) is 0 Å². The molecule has 0 saturated carbocycles. The Morgan fingerprint density at radius 3 is 2.61 bits per heavy atom. The van der Waals surface area contributed by atoms with Crippen molar-refractivity contribution in [3.63, 3.8) is 0 Å². The Hall–Kier alpha value is -0.870. The van der Waals surface area contributed by atoms with Gasteiger partial charge in [-0.3, -0.25) is 4.68 Å². The van der Waals surface area contributed by atoms with E-state index in [9.17, 15) is 5.11 Å². The number of nitrogens with zero attached hydrogens (tertiary/aromatic N) is 2. The minimum atomic E-state index is -0.512. The van der Waals surface area contributed by atoms with Crippen LogP contribution in [0.5, 0.6) is 0 Å². The molecule has 0 bridgehead atoms. The average molecular weight is 252 g/mol. The molecule has 1 aromatic heterocycles. The highest BCUT2D eigenvalue weighted by atomic mass is 16.5. The Labute approximate surface area is 109 Å². The molecule has 1 aromatic rings. The molecule has 2 atom stereocenters. The molecule has 2 rings (SSSR count). The third kappa shape index (κ3) is 2.45. The number of aliphatic hydroxyl groups excluding tert-OH is 1. The molecule has 4 heteroatoms. The largest absolute Gasteiger partial charge is 0.388 e. The van der Waals surface area contributed by atoms with Crippen molar-refractivity contribution in [3.8, 4) is 0 Å². The SMILES string of the molecule is CCn1cc(C(O)C2CC(C)(C)OC2(C)C)cn1. The van der Waals surface area contributed by atoms with E-state index in [-0.39, 0.29) is 17.1 Å². The number of ether oxygens (including phenoxy) is 1. The predicted molar refractivity (Wildman–Crippen MR) is 70.2 cm³/mol. The normalized spacial score (nSPS) is 27.3. The number of aryl methyl sites for hydroxylation is 1. The fourth-order valence-electron chi connectivity index (χ4n) is 3.03. The molecule has 1 fully saturated rings. The number of rotatable bonds is 3. The van der Waals surface area contributed by atoms with E-state index in [2.05, 4.69) is 32.8 Å². The van der Waals surface area contributed by atoms with Crippen LogP contribution in [0.25, 0.3) is 0 Å². The van der Waals surface area contributed by atoms with E-state index < -0.39 is 6.10 Å². The van der Waals surface area contributed by atoms with Crippen molar-refractivity contribution in [2.24, 2.45) is 5.92 Å². The van der Waals surface area contributed by atoms with Crippen LogP contribution in [0.15, 0.2) is 12.4 Å². The van der Waals surface area contributed by atoms with Gasteiger partial charge in [0.1, 0.15) is 0 Å². The number of aliphatic hydroxyl groups is 1. The molecule has 1 saturated heterocycles. The molecule has 1 aliphatic rings. The molecule has 102 valence electrons. The summed E-state index contributed by atoms with van der Waals surface area (Å²) in [7, 11) is 0. The lowest BCUT2D eigenvalue weighted by molar-refractivity contribution is -0.0880. The summed E-state index contributed by atoms with van der Waals surface area (Å²) in [5, 5.41) is 14.8. The maximum Gasteiger partial charge on any atom is 0.0877 e. The van der Waals surface area contributed by atoms with Gasteiger partial charge in [-0.05, 0) is 41.0 Å². The first kappa shape index (κ1) is 13.6. The van der Waals surface area contributed by atoms with E-state index in [0.717, 1.165) is 18.5 Å². The molecule has 0 aromatic carbocycles. The number of hydrogen-bond acceptors (Lipinski definition) is 3. The summed E-state index contributed by atoms with van der Waals surface area (Å²) in [5.41, 5.74) is 0.406. The molecule has 0 aliphatic carbocycles. The minimum absolute atomic E-state index is 0.0991. The lowest BCUT2D eigenvalue weighted by Gasteiger charge is -2.29. The van der Waals surface area contributed by atoms with E-state index in [4.69, 9.17) is 4.74 Å². The van der Waals surface area contributed by atoms with Crippen LogP contribution >= 0.6 is 0 Å². The van der Waals surface area contributed by atoms with Crippen LogP contribution in [0.4, 0.5) is 0 Å². The van der Waals surface area contributed by atoms with Crippen LogP contribution in [0.3, 0.4) is 0 Å². The molecular formula is C14H24N2O2. The molecule has 1 aliphatic heterocycles. The Morgan fingerprint density at radius 1 is 1.50 bits per heavy atom. The summed E-state index contributed by atoms with van der Waals surface area (Å²) in [4.78, 5) is 0. The highest BCUT2D eigenvalue weighted by molar-refractivity contribution is 5.13. The van der Waals surface area contributed by atoms with Crippen molar-refractivity contribution >= 4 is 0 Å². The first-order valence-corrected chi connectivity index (χ1v) is 6.66. The maximum atomic E-state index is 10.6. The summed E-state index contributed by atoms with van der Waals surface area (Å²) in [6.07, 6.45) is 4.03. The summed E-state index contributed by atoms with van der Waals surface area (Å²) in [6.45, 7) is 11.1. The Bertz CT molecular complexity index is 423. The average Bonchev–Trinajstić information content (AvgIpc) is 2.79. The van der Waals surface area contributed by atoms with Gasteiger partial charge in [0.05, 0.1) is 23.5 Å². The Balaban J connectivity index is 2.20. The van der Waals surface area contributed by atoms with Crippen LogP contribution in [0, 0.1) is 5.92 Å². The van der Waals surface area contributed by atoms with Crippen LogP contribution < -0.4 is 0 Å². The molecule has 2 heterocycles. The first-order valence-electron chi connectivity index (χ1n) is 6.66. The van der Waals surface area contributed by atoms with Gasteiger partial charge < -0.3 is 9.84 Å². The predicted octanol–water partition coefficient (Wildman–Crippen LogP) is 2.53. The fourth-order valence-corrected chi connectivity index (χ4v) is 3.03. The molecule has 2 unspecified atom stereocenters. The fraction of sp³-hybridized carbons (Fsp3) is 0.786. The third-order valence-electron chi connectivity index (χ3n) is 3.84. The van der Waals surface area contributed by atoms with Crippen LogP contribution in [-0.4, -0.2) is 26.1 Å². The Morgan fingerprint density at radius 2 is 2.17 bits per heavy atom. The van der Waals surface area contributed by atoms with E-state index in [1.165, 1.54) is 0 Å². The second-order valence-corrected chi connectivity index (χ2v) is 6.35. The summed E-state index contributed by atoms with van der Waals surface area (Å²) >= 11 is 0. The minimum Gasteiger partial charge on any atom is -0.388 e. The topological polar surface area (TPSA) is 47.3 Å². The molecule has 1 N–H and O–H groups in total. The second kappa shape index (κ2) is 4.35. The van der Waals surface area contributed by atoms with Crippen molar-refractivity contribution in [1.29, 1.82) is 0 Å². The van der Waals surface area contributed by atoms with Crippen molar-refractivity contribution in [3.05, 3.63) is 18.0 Å². The number of aromatic nitrogens is 2. The van der Waals surface area contributed by atoms with Crippen molar-refractivity contribution in [2.45, 2.75) is 64.9 Å². The standard InChI is InChI=1S/C14H24N2O2/c1-6-16-9-10(8-15-16)12(17)11-7-13(2,3)18-14(11,4)5/h8-9,11-12,17H,6-7H2,1-5H3. The quantitative estimate of drug-likeness (QED) is 0.899. The molecule has 18 heavy (non-hydrogen) atoms. The molecule has 0 amide bonds. The molecular weight excluding hydrogens is 228 g/mol. The van der Waals surface area contributed by atoms with Gasteiger partial charge in [-0.1, -0.05) is 0 Å². The summed E-state index contributed by atoms with van der Waals surface area (Å²) in [6, 6.07) is 0. The van der Waals surface area contributed by atoms with Gasteiger partial charge >= 0.3 is 0 Å². The summed E-state index contributed by atoms with van der Waals surface area (Å²) in [5.74, 6) is 0.0991. The van der Waals surface area contributed by atoms with Crippen LogP contribution in [-0.2, 0) is 11.3 Å². The highest BCUT2D eigenvalue weighted by Crippen LogP contribution is 2.47. The zero-order valence-corrected chi connectivity index (χ0v) is 12.0. The first-order chi connectivity index (χ1) is 8.25. The van der Waals surface area contributed by atoms with Gasteiger partial charge in [-0.25, -0.2) is 0 Å². The van der Waals surface area contributed by atoms with Gasteiger partial charge in [-0.2, -0.15) is 5.10 Å². The third-order valence-corrected chi connectivity index (χ3v) is 3.84. The molecule has 0 spiro atoms. The lowest BCUT2D eigenvalue weighted by Crippen LogP contribution is -2.32. The Kier molecular flexibility index (Phi) is 3.28. The van der Waals surface area contributed by atoms with E-state index >= 15 is 0 Å². The van der Waals surface area contributed by atoms with Gasteiger partial charge in [0.25, 0.3) is 0 Å².